The van der Waals surface area contributed by atoms with Crippen LogP contribution < -0.4 is 0 Å². The molecule has 0 aliphatic heterocycles. The van der Waals surface area contributed by atoms with Gasteiger partial charge in [-0.15, -0.1) is 0 Å². The molecule has 3 rings (SSSR count). The summed E-state index contributed by atoms with van der Waals surface area (Å²) in [5, 5.41) is 2.13. The first-order chi connectivity index (χ1) is 13.2. The molecule has 0 saturated heterocycles. The lowest BCUT2D eigenvalue weighted by Gasteiger charge is -2.37. The van der Waals surface area contributed by atoms with Crippen molar-refractivity contribution in [3.05, 3.63) is 83.9 Å². The van der Waals surface area contributed by atoms with Crippen LogP contribution in [0.1, 0.15) is 18.1 Å². The molecule has 3 aromatic carbocycles. The molecule has 0 N–H and O–H groups in total. The quantitative estimate of drug-likeness (QED) is 0.463. The highest BCUT2D eigenvalue weighted by atomic mass is 16.7. The zero-order valence-electron chi connectivity index (χ0n) is 15.8. The Hall–Kier alpha value is -2.69. The number of rotatable bonds is 7. The van der Waals surface area contributed by atoms with Crippen molar-refractivity contribution in [1.29, 1.82) is 0 Å². The molecule has 0 saturated carbocycles. The van der Waals surface area contributed by atoms with Gasteiger partial charge in [0.2, 0.25) is 0 Å². The van der Waals surface area contributed by atoms with E-state index in [4.69, 9.17) is 14.2 Å². The van der Waals surface area contributed by atoms with E-state index in [9.17, 15) is 4.79 Å². The highest BCUT2D eigenvalue weighted by molar-refractivity contribution is 5.91. The Morgan fingerprint density at radius 2 is 1.48 bits per heavy atom. The third-order valence-electron chi connectivity index (χ3n) is 4.81. The van der Waals surface area contributed by atoms with Crippen LogP contribution >= 0.6 is 0 Å². The molecule has 0 radical (unpaired) electrons. The minimum atomic E-state index is -1.25. The molecule has 0 aliphatic rings. The monoisotopic (exact) mass is 364 g/mol. The summed E-state index contributed by atoms with van der Waals surface area (Å²) >= 11 is 0. The molecule has 4 heteroatoms. The molecule has 0 aromatic heterocycles. The third-order valence-corrected chi connectivity index (χ3v) is 4.81. The van der Waals surface area contributed by atoms with Crippen LogP contribution in [-0.2, 0) is 24.4 Å². The number of carbonyl (C=O) groups is 1. The van der Waals surface area contributed by atoms with Crippen molar-refractivity contribution in [3.63, 3.8) is 0 Å². The Kier molecular flexibility index (Phi) is 5.89. The maximum atomic E-state index is 13.4. The van der Waals surface area contributed by atoms with E-state index >= 15 is 0 Å². The van der Waals surface area contributed by atoms with Crippen molar-refractivity contribution in [1.82, 2.24) is 0 Å². The average molecular weight is 364 g/mol. The van der Waals surface area contributed by atoms with Gasteiger partial charge in [0.25, 0.3) is 0 Å². The number of methoxy groups -OCH3 is 2. The molecule has 3 aromatic rings. The van der Waals surface area contributed by atoms with Gasteiger partial charge in [-0.05, 0) is 34.9 Å². The molecular weight excluding hydrogens is 340 g/mol. The fourth-order valence-electron chi connectivity index (χ4n) is 3.60. The lowest BCUT2D eigenvalue weighted by atomic mass is 9.73. The number of benzene rings is 3. The maximum absolute atomic E-state index is 13.4. The normalized spacial score (nSPS) is 13.5. The number of hydrogen-bond acceptors (Lipinski definition) is 4. The van der Waals surface area contributed by atoms with Gasteiger partial charge in [0.1, 0.15) is 0 Å². The first kappa shape index (κ1) is 19.1. The van der Waals surface area contributed by atoms with E-state index in [2.05, 4.69) is 0 Å². The first-order valence-electron chi connectivity index (χ1n) is 8.96. The number of carbonyl (C=O) groups excluding carboxylic acids is 1. The van der Waals surface area contributed by atoms with Crippen molar-refractivity contribution in [2.24, 2.45) is 0 Å². The van der Waals surface area contributed by atoms with Gasteiger partial charge >= 0.3 is 5.97 Å². The summed E-state index contributed by atoms with van der Waals surface area (Å²) in [6, 6.07) is 23.5. The van der Waals surface area contributed by atoms with Gasteiger partial charge in [0, 0.05) is 14.2 Å². The summed E-state index contributed by atoms with van der Waals surface area (Å²) in [6.45, 7) is 2.06. The van der Waals surface area contributed by atoms with Crippen LogP contribution in [0.5, 0.6) is 0 Å². The highest BCUT2D eigenvalue weighted by Crippen LogP contribution is 2.40. The van der Waals surface area contributed by atoms with Crippen molar-refractivity contribution < 1.29 is 19.0 Å². The zero-order chi connectivity index (χ0) is 19.3. The van der Waals surface area contributed by atoms with E-state index in [1.807, 2.05) is 72.8 Å². The molecule has 1 atom stereocenters. The summed E-state index contributed by atoms with van der Waals surface area (Å²) in [5.41, 5.74) is 0.275. The second-order valence-corrected chi connectivity index (χ2v) is 6.26. The Balaban J connectivity index is 2.34. The average Bonchev–Trinajstić information content (AvgIpc) is 2.72. The molecule has 0 bridgehead atoms. The van der Waals surface area contributed by atoms with E-state index in [1.165, 1.54) is 14.2 Å². The van der Waals surface area contributed by atoms with E-state index in [-0.39, 0.29) is 6.61 Å². The van der Waals surface area contributed by atoms with Gasteiger partial charge in [-0.3, -0.25) is 4.79 Å². The molecule has 0 heterocycles. The van der Waals surface area contributed by atoms with Crippen LogP contribution in [0.2, 0.25) is 0 Å². The lowest BCUT2D eigenvalue weighted by Crippen LogP contribution is -2.50. The van der Waals surface area contributed by atoms with Gasteiger partial charge in [-0.1, -0.05) is 66.7 Å². The molecular formula is C23H24O4. The predicted octanol–water partition coefficient (Wildman–Crippen LogP) is 4.31. The Morgan fingerprint density at radius 1 is 0.852 bits per heavy atom. The molecule has 27 heavy (non-hydrogen) atoms. The van der Waals surface area contributed by atoms with Crippen molar-refractivity contribution in [2.45, 2.75) is 18.6 Å². The largest absolute Gasteiger partial charge is 0.465 e. The topological polar surface area (TPSA) is 44.8 Å². The summed E-state index contributed by atoms with van der Waals surface area (Å²) in [4.78, 5) is 13.4. The number of esters is 1. The highest BCUT2D eigenvalue weighted by Gasteiger charge is 2.51. The summed E-state index contributed by atoms with van der Waals surface area (Å²) in [5.74, 6) is -0.403. The smallest absolute Gasteiger partial charge is 0.326 e. The van der Waals surface area contributed by atoms with E-state index in [0.29, 0.717) is 0 Å². The van der Waals surface area contributed by atoms with Crippen LogP contribution in [0.15, 0.2) is 72.8 Å². The van der Waals surface area contributed by atoms with Crippen molar-refractivity contribution >= 4 is 16.7 Å². The standard InChI is InChI=1S/C23H24O4/c1-4-27-21(24)23(22(25-2)26-3,19-12-6-5-7-13-19)20-15-14-17-10-8-9-11-18(17)16-20/h5-16,22H,4H2,1-3H3. The van der Waals surface area contributed by atoms with Crippen LogP contribution in [0.3, 0.4) is 0 Å². The van der Waals surface area contributed by atoms with E-state index in [1.54, 1.807) is 6.92 Å². The Labute approximate surface area is 159 Å². The zero-order valence-corrected chi connectivity index (χ0v) is 15.8. The van der Waals surface area contributed by atoms with Crippen LogP contribution in [0, 0.1) is 0 Å². The summed E-state index contributed by atoms with van der Waals surface area (Å²) < 4.78 is 16.8. The number of fused-ring (bicyclic) bond motifs is 1. The van der Waals surface area contributed by atoms with E-state index in [0.717, 1.165) is 21.9 Å². The second kappa shape index (κ2) is 8.33. The minimum Gasteiger partial charge on any atom is -0.465 e. The lowest BCUT2D eigenvalue weighted by molar-refractivity contribution is -0.178. The molecule has 0 amide bonds. The number of hydrogen-bond donors (Lipinski definition) is 0. The molecule has 0 fully saturated rings. The number of ether oxygens (including phenoxy) is 3. The molecule has 4 nitrogen and oxygen atoms in total. The van der Waals surface area contributed by atoms with Gasteiger partial charge in [0.15, 0.2) is 11.7 Å². The predicted molar refractivity (Wildman–Crippen MR) is 106 cm³/mol. The Morgan fingerprint density at radius 3 is 2.11 bits per heavy atom. The molecule has 0 aliphatic carbocycles. The van der Waals surface area contributed by atoms with Crippen LogP contribution in [-0.4, -0.2) is 33.1 Å². The van der Waals surface area contributed by atoms with Gasteiger partial charge in [0.05, 0.1) is 6.61 Å². The van der Waals surface area contributed by atoms with Gasteiger partial charge in [-0.2, -0.15) is 0 Å². The SMILES string of the molecule is CCOC(=O)C(c1ccccc1)(c1ccc2ccccc2c1)C(OC)OC. The van der Waals surface area contributed by atoms with Crippen molar-refractivity contribution in [3.8, 4) is 0 Å². The van der Waals surface area contributed by atoms with Crippen LogP contribution in [0.4, 0.5) is 0 Å². The molecule has 0 spiro atoms. The third kappa shape index (κ3) is 3.34. The summed E-state index contributed by atoms with van der Waals surface area (Å²) in [7, 11) is 3.07. The minimum absolute atomic E-state index is 0.265. The van der Waals surface area contributed by atoms with E-state index < -0.39 is 17.7 Å². The fourth-order valence-corrected chi connectivity index (χ4v) is 3.60. The van der Waals surface area contributed by atoms with Crippen molar-refractivity contribution in [2.75, 3.05) is 20.8 Å². The van der Waals surface area contributed by atoms with Gasteiger partial charge in [-0.25, -0.2) is 0 Å². The second-order valence-electron chi connectivity index (χ2n) is 6.26. The Bertz CT molecular complexity index is 902. The first-order valence-corrected chi connectivity index (χ1v) is 8.96. The van der Waals surface area contributed by atoms with Gasteiger partial charge < -0.3 is 14.2 Å². The summed E-state index contributed by atoms with van der Waals surface area (Å²) in [6.07, 6.45) is -0.847. The fraction of sp³-hybridized carbons (Fsp3) is 0.261. The molecule has 140 valence electrons. The molecule has 1 unspecified atom stereocenters. The van der Waals surface area contributed by atoms with Crippen LogP contribution in [0.25, 0.3) is 10.8 Å². The maximum Gasteiger partial charge on any atom is 0.326 e.